The summed E-state index contributed by atoms with van der Waals surface area (Å²) in [6.07, 6.45) is 19.5. The Morgan fingerprint density at radius 3 is 1.92 bits per heavy atom. The Balaban J connectivity index is 1.84. The maximum atomic E-state index is 6.28. The Labute approximate surface area is 169 Å². The smallest absolute Gasteiger partial charge is 0.186 e. The summed E-state index contributed by atoms with van der Waals surface area (Å²) < 4.78 is 6.28. The van der Waals surface area contributed by atoms with Gasteiger partial charge in [-0.2, -0.15) is 0 Å². The van der Waals surface area contributed by atoms with Crippen LogP contribution in [0.2, 0.25) is 19.1 Å². The van der Waals surface area contributed by atoms with E-state index in [9.17, 15) is 0 Å². The molecule has 3 heteroatoms. The summed E-state index contributed by atoms with van der Waals surface area (Å²) in [5, 5.41) is 2.18. The van der Waals surface area contributed by atoms with Crippen LogP contribution in [0.5, 0.6) is 0 Å². The van der Waals surface area contributed by atoms with Gasteiger partial charge in [0.2, 0.25) is 0 Å². The van der Waals surface area contributed by atoms with E-state index in [1.165, 1.54) is 101 Å². The first-order valence-electron chi connectivity index (χ1n) is 11.3. The van der Waals surface area contributed by atoms with Gasteiger partial charge in [0.15, 0.2) is 8.32 Å². The molecule has 1 nitrogen and oxygen atoms in total. The van der Waals surface area contributed by atoms with Crippen molar-refractivity contribution in [1.29, 1.82) is 0 Å². The van der Waals surface area contributed by atoms with Gasteiger partial charge >= 0.3 is 0 Å². The molecule has 0 aliphatic carbocycles. The molecule has 1 aromatic heterocycles. The van der Waals surface area contributed by atoms with Crippen LogP contribution >= 0.6 is 11.3 Å². The molecule has 1 heterocycles. The van der Waals surface area contributed by atoms with Gasteiger partial charge in [-0.25, -0.2) is 0 Å². The molecule has 0 atom stereocenters. The van der Waals surface area contributed by atoms with Crippen LogP contribution in [0.25, 0.3) is 0 Å². The molecule has 0 amide bonds. The van der Waals surface area contributed by atoms with Crippen molar-refractivity contribution in [2.45, 2.75) is 116 Å². The van der Waals surface area contributed by atoms with Crippen molar-refractivity contribution in [2.24, 2.45) is 0 Å². The summed E-state index contributed by atoms with van der Waals surface area (Å²) in [7, 11) is -1.43. The summed E-state index contributed by atoms with van der Waals surface area (Å²) in [4.78, 5) is 1.52. The van der Waals surface area contributed by atoms with Crippen molar-refractivity contribution in [3.63, 3.8) is 0 Å². The predicted octanol–water partition coefficient (Wildman–Crippen LogP) is 8.60. The fourth-order valence-electron chi connectivity index (χ4n) is 3.51. The minimum absolute atomic E-state index is 0.996. The number of unbranched alkanes of at least 4 members (excludes halogenated alkanes) is 11. The third-order valence-corrected chi connectivity index (χ3v) is 8.75. The second kappa shape index (κ2) is 15.9. The summed E-state index contributed by atoms with van der Waals surface area (Å²) >= 11 is 1.89. The highest BCUT2D eigenvalue weighted by atomic mass is 32.1. The SMILES string of the molecule is CCCCCCCCCCCCCCO[Si](C)(C)CCCc1cccs1. The van der Waals surface area contributed by atoms with Gasteiger partial charge < -0.3 is 4.43 Å². The number of hydrogen-bond donors (Lipinski definition) is 0. The van der Waals surface area contributed by atoms with E-state index in [4.69, 9.17) is 4.43 Å². The monoisotopic (exact) mass is 396 g/mol. The van der Waals surface area contributed by atoms with Crippen LogP contribution in [-0.2, 0) is 10.8 Å². The minimum atomic E-state index is -1.43. The molecule has 0 aromatic carbocycles. The van der Waals surface area contributed by atoms with Crippen molar-refractivity contribution in [1.82, 2.24) is 0 Å². The second-order valence-electron chi connectivity index (χ2n) is 8.43. The van der Waals surface area contributed by atoms with Gasteiger partial charge in [-0.1, -0.05) is 83.6 Å². The lowest BCUT2D eigenvalue weighted by atomic mass is 10.1. The molecule has 0 bridgehead atoms. The maximum Gasteiger partial charge on any atom is 0.186 e. The molecule has 0 fully saturated rings. The fraction of sp³-hybridized carbons (Fsp3) is 0.826. The first-order chi connectivity index (χ1) is 12.6. The number of aryl methyl sites for hydroxylation is 1. The molecule has 0 aliphatic rings. The van der Waals surface area contributed by atoms with Gasteiger partial charge in [0.1, 0.15) is 0 Å². The Morgan fingerprint density at radius 2 is 1.38 bits per heavy atom. The Hall–Kier alpha value is -0.123. The van der Waals surface area contributed by atoms with E-state index >= 15 is 0 Å². The molecule has 0 saturated heterocycles. The topological polar surface area (TPSA) is 9.23 Å². The van der Waals surface area contributed by atoms with Gasteiger partial charge in [0, 0.05) is 11.5 Å². The predicted molar refractivity (Wildman–Crippen MR) is 122 cm³/mol. The normalized spacial score (nSPS) is 12.0. The van der Waals surface area contributed by atoms with E-state index in [2.05, 4.69) is 37.5 Å². The summed E-state index contributed by atoms with van der Waals surface area (Å²) in [5.41, 5.74) is 0. The number of hydrogen-bond acceptors (Lipinski definition) is 2. The van der Waals surface area contributed by atoms with E-state index < -0.39 is 8.32 Å². The molecule has 152 valence electrons. The van der Waals surface area contributed by atoms with Crippen LogP contribution < -0.4 is 0 Å². The van der Waals surface area contributed by atoms with Gasteiger partial charge in [-0.05, 0) is 49.8 Å². The van der Waals surface area contributed by atoms with E-state index in [0.29, 0.717) is 0 Å². The highest BCUT2D eigenvalue weighted by Crippen LogP contribution is 2.19. The second-order valence-corrected chi connectivity index (χ2v) is 13.8. The van der Waals surface area contributed by atoms with Crippen LogP contribution in [0.3, 0.4) is 0 Å². The van der Waals surface area contributed by atoms with Crippen LogP contribution in [0.4, 0.5) is 0 Å². The molecular weight excluding hydrogens is 352 g/mol. The van der Waals surface area contributed by atoms with Crippen molar-refractivity contribution in [3.8, 4) is 0 Å². The molecule has 1 rings (SSSR count). The Morgan fingerprint density at radius 1 is 0.808 bits per heavy atom. The molecule has 0 saturated carbocycles. The molecule has 1 aromatic rings. The maximum absolute atomic E-state index is 6.28. The van der Waals surface area contributed by atoms with Crippen LogP contribution in [0.15, 0.2) is 17.5 Å². The highest BCUT2D eigenvalue weighted by molar-refractivity contribution is 7.09. The van der Waals surface area contributed by atoms with E-state index in [1.807, 2.05) is 11.3 Å². The number of rotatable bonds is 18. The number of thiophene rings is 1. The van der Waals surface area contributed by atoms with Crippen molar-refractivity contribution >= 4 is 19.7 Å². The first kappa shape index (κ1) is 23.9. The molecule has 0 unspecified atom stereocenters. The molecule has 0 N–H and O–H groups in total. The first-order valence-corrected chi connectivity index (χ1v) is 15.3. The summed E-state index contributed by atoms with van der Waals surface area (Å²) in [5.74, 6) is 0. The summed E-state index contributed by atoms with van der Waals surface area (Å²) in [6, 6.07) is 5.71. The van der Waals surface area contributed by atoms with Gasteiger partial charge in [-0.15, -0.1) is 11.3 Å². The van der Waals surface area contributed by atoms with Crippen molar-refractivity contribution in [3.05, 3.63) is 22.4 Å². The zero-order valence-corrected chi connectivity index (χ0v) is 19.7. The molecule has 0 radical (unpaired) electrons. The molecular formula is C23H44OSSi. The minimum Gasteiger partial charge on any atom is -0.417 e. The molecule has 0 spiro atoms. The van der Waals surface area contributed by atoms with Crippen LogP contribution in [-0.4, -0.2) is 14.9 Å². The largest absolute Gasteiger partial charge is 0.417 e. The van der Waals surface area contributed by atoms with Crippen molar-refractivity contribution in [2.75, 3.05) is 6.61 Å². The zero-order valence-electron chi connectivity index (χ0n) is 17.9. The van der Waals surface area contributed by atoms with Crippen LogP contribution in [0.1, 0.15) is 95.3 Å². The Kier molecular flexibility index (Phi) is 14.6. The lowest BCUT2D eigenvalue weighted by Crippen LogP contribution is -2.30. The fourth-order valence-corrected chi connectivity index (χ4v) is 6.13. The Bertz CT molecular complexity index is 402. The standard InChI is InChI=1S/C23H44OSSi/c1-4-5-6-7-8-9-10-11-12-13-14-15-20-24-26(2,3)22-17-19-23-18-16-21-25-23/h16,18,21H,4-15,17,19-20,22H2,1-3H3. The van der Waals surface area contributed by atoms with E-state index in [0.717, 1.165) is 6.61 Å². The lowest BCUT2D eigenvalue weighted by Gasteiger charge is -2.22. The van der Waals surface area contributed by atoms with Crippen LogP contribution in [0, 0.1) is 0 Å². The quantitative estimate of drug-likeness (QED) is 0.178. The van der Waals surface area contributed by atoms with Gasteiger partial charge in [0.05, 0.1) is 0 Å². The summed E-state index contributed by atoms with van der Waals surface area (Å²) in [6.45, 7) is 8.07. The average Bonchev–Trinajstić information content (AvgIpc) is 3.12. The highest BCUT2D eigenvalue weighted by Gasteiger charge is 2.21. The van der Waals surface area contributed by atoms with E-state index in [1.54, 1.807) is 0 Å². The molecule has 26 heavy (non-hydrogen) atoms. The lowest BCUT2D eigenvalue weighted by molar-refractivity contribution is 0.293. The zero-order chi connectivity index (χ0) is 18.9. The third kappa shape index (κ3) is 14.0. The van der Waals surface area contributed by atoms with Crippen molar-refractivity contribution < 1.29 is 4.43 Å². The van der Waals surface area contributed by atoms with E-state index in [-0.39, 0.29) is 0 Å². The third-order valence-electron chi connectivity index (χ3n) is 5.27. The average molecular weight is 397 g/mol. The van der Waals surface area contributed by atoms with Gasteiger partial charge in [0.25, 0.3) is 0 Å². The van der Waals surface area contributed by atoms with Gasteiger partial charge in [-0.3, -0.25) is 0 Å². The molecule has 0 aliphatic heterocycles.